The quantitative estimate of drug-likeness (QED) is 0.796. The van der Waals surface area contributed by atoms with E-state index in [2.05, 4.69) is 40.3 Å². The smallest absolute Gasteiger partial charge is 0.228 e. The molecular weight excluding hydrogens is 284 g/mol. The molecule has 6 nitrogen and oxygen atoms in total. The zero-order valence-electron chi connectivity index (χ0n) is 9.04. The maximum Gasteiger partial charge on any atom is 0.228 e. The van der Waals surface area contributed by atoms with E-state index in [-0.39, 0.29) is 0 Å². The highest BCUT2D eigenvalue weighted by Crippen LogP contribution is 2.19. The summed E-state index contributed by atoms with van der Waals surface area (Å²) >= 11 is 3.33. The van der Waals surface area contributed by atoms with E-state index in [1.54, 1.807) is 6.07 Å². The van der Waals surface area contributed by atoms with Crippen molar-refractivity contribution in [2.24, 2.45) is 0 Å². The topological polar surface area (TPSA) is 72.9 Å². The molecule has 2 N–H and O–H groups in total. The Kier molecular flexibility index (Phi) is 2.47. The lowest BCUT2D eigenvalue weighted by molar-refractivity contribution is 0.551. The van der Waals surface area contributed by atoms with Crippen LogP contribution in [0.4, 0.5) is 11.8 Å². The van der Waals surface area contributed by atoms with Crippen molar-refractivity contribution in [3.8, 4) is 0 Å². The SMILES string of the molecule is Nc1cc(Br)nc(N2CCn3ccnc3C2)n1. The van der Waals surface area contributed by atoms with E-state index < -0.39 is 0 Å². The third kappa shape index (κ3) is 1.97. The summed E-state index contributed by atoms with van der Waals surface area (Å²) in [5.41, 5.74) is 5.71. The monoisotopic (exact) mass is 294 g/mol. The minimum Gasteiger partial charge on any atom is -0.383 e. The molecule has 1 aliphatic rings. The van der Waals surface area contributed by atoms with Crippen molar-refractivity contribution in [3.05, 3.63) is 28.9 Å². The normalized spacial score (nSPS) is 14.8. The van der Waals surface area contributed by atoms with Gasteiger partial charge in [-0.15, -0.1) is 0 Å². The third-order valence-electron chi connectivity index (χ3n) is 2.73. The van der Waals surface area contributed by atoms with Gasteiger partial charge in [0.2, 0.25) is 5.95 Å². The van der Waals surface area contributed by atoms with Crippen LogP contribution in [0.2, 0.25) is 0 Å². The summed E-state index contributed by atoms with van der Waals surface area (Å²) in [6.45, 7) is 2.47. The highest BCUT2D eigenvalue weighted by molar-refractivity contribution is 9.10. The molecule has 3 heterocycles. The number of hydrogen-bond acceptors (Lipinski definition) is 5. The van der Waals surface area contributed by atoms with Crippen LogP contribution in [0, 0.1) is 0 Å². The number of halogens is 1. The van der Waals surface area contributed by atoms with E-state index >= 15 is 0 Å². The summed E-state index contributed by atoms with van der Waals surface area (Å²) in [6.07, 6.45) is 3.80. The van der Waals surface area contributed by atoms with E-state index in [0.717, 1.165) is 18.9 Å². The fourth-order valence-corrected chi connectivity index (χ4v) is 2.30. The van der Waals surface area contributed by atoms with Gasteiger partial charge in [0.15, 0.2) is 0 Å². The number of hydrogen-bond donors (Lipinski definition) is 1. The Balaban J connectivity index is 1.91. The second kappa shape index (κ2) is 3.99. The Hall–Kier alpha value is -1.63. The third-order valence-corrected chi connectivity index (χ3v) is 3.14. The fraction of sp³-hybridized carbons (Fsp3) is 0.300. The van der Waals surface area contributed by atoms with Crippen molar-refractivity contribution in [1.29, 1.82) is 0 Å². The predicted molar refractivity (Wildman–Crippen MR) is 67.4 cm³/mol. The van der Waals surface area contributed by atoms with Crippen molar-refractivity contribution in [2.75, 3.05) is 17.2 Å². The van der Waals surface area contributed by atoms with Crippen LogP contribution in [0.5, 0.6) is 0 Å². The molecule has 2 aromatic rings. The summed E-state index contributed by atoms with van der Waals surface area (Å²) in [7, 11) is 0. The molecule has 0 saturated carbocycles. The van der Waals surface area contributed by atoms with Crippen molar-refractivity contribution >= 4 is 27.7 Å². The van der Waals surface area contributed by atoms with Gasteiger partial charge < -0.3 is 15.2 Å². The highest BCUT2D eigenvalue weighted by Gasteiger charge is 2.19. The first-order chi connectivity index (χ1) is 8.22. The van der Waals surface area contributed by atoms with Crippen LogP contribution in [-0.4, -0.2) is 26.1 Å². The van der Waals surface area contributed by atoms with Crippen LogP contribution in [0.3, 0.4) is 0 Å². The molecular formula is C10H11BrN6. The van der Waals surface area contributed by atoms with Crippen LogP contribution in [-0.2, 0) is 13.1 Å². The summed E-state index contributed by atoms with van der Waals surface area (Å²) < 4.78 is 2.84. The molecule has 0 atom stereocenters. The Morgan fingerprint density at radius 1 is 1.29 bits per heavy atom. The van der Waals surface area contributed by atoms with Gasteiger partial charge in [-0.05, 0) is 15.9 Å². The van der Waals surface area contributed by atoms with Crippen LogP contribution in [0.25, 0.3) is 0 Å². The van der Waals surface area contributed by atoms with E-state index in [4.69, 9.17) is 5.73 Å². The molecule has 0 unspecified atom stereocenters. The average molecular weight is 295 g/mol. The predicted octanol–water partition coefficient (Wildman–Crippen LogP) is 1.04. The first-order valence-electron chi connectivity index (χ1n) is 5.27. The zero-order valence-corrected chi connectivity index (χ0v) is 10.6. The molecule has 0 saturated heterocycles. The van der Waals surface area contributed by atoms with Crippen LogP contribution >= 0.6 is 15.9 Å². The van der Waals surface area contributed by atoms with Gasteiger partial charge in [-0.3, -0.25) is 0 Å². The lowest BCUT2D eigenvalue weighted by Gasteiger charge is -2.27. The van der Waals surface area contributed by atoms with Crippen LogP contribution < -0.4 is 10.6 Å². The van der Waals surface area contributed by atoms with E-state index in [0.29, 0.717) is 22.9 Å². The molecule has 88 valence electrons. The number of nitrogens with two attached hydrogens (primary N) is 1. The number of nitrogens with zero attached hydrogens (tertiary/aromatic N) is 5. The molecule has 7 heteroatoms. The largest absolute Gasteiger partial charge is 0.383 e. The molecule has 17 heavy (non-hydrogen) atoms. The molecule has 2 aromatic heterocycles. The Morgan fingerprint density at radius 2 is 2.18 bits per heavy atom. The second-order valence-electron chi connectivity index (χ2n) is 3.87. The summed E-state index contributed by atoms with van der Waals surface area (Å²) in [4.78, 5) is 14.9. The second-order valence-corrected chi connectivity index (χ2v) is 4.69. The van der Waals surface area contributed by atoms with Gasteiger partial charge in [0, 0.05) is 31.5 Å². The zero-order chi connectivity index (χ0) is 11.8. The summed E-state index contributed by atoms with van der Waals surface area (Å²) in [5.74, 6) is 2.14. The van der Waals surface area contributed by atoms with Gasteiger partial charge in [0.05, 0.1) is 6.54 Å². The number of anilines is 2. The van der Waals surface area contributed by atoms with Crippen molar-refractivity contribution in [1.82, 2.24) is 19.5 Å². The van der Waals surface area contributed by atoms with Gasteiger partial charge in [0.1, 0.15) is 16.2 Å². The summed E-state index contributed by atoms with van der Waals surface area (Å²) in [5, 5.41) is 0. The molecule has 0 amide bonds. The fourth-order valence-electron chi connectivity index (χ4n) is 1.91. The first-order valence-corrected chi connectivity index (χ1v) is 6.07. The Bertz CT molecular complexity index is 531. The minimum absolute atomic E-state index is 0.468. The maximum absolute atomic E-state index is 5.71. The first kappa shape index (κ1) is 10.5. The highest BCUT2D eigenvalue weighted by atomic mass is 79.9. The van der Waals surface area contributed by atoms with Crippen LogP contribution in [0.1, 0.15) is 5.82 Å². The molecule has 3 rings (SSSR count). The van der Waals surface area contributed by atoms with Crippen molar-refractivity contribution < 1.29 is 0 Å². The van der Waals surface area contributed by atoms with Gasteiger partial charge in [-0.25, -0.2) is 9.97 Å². The van der Waals surface area contributed by atoms with Crippen molar-refractivity contribution in [3.63, 3.8) is 0 Å². The standard InChI is InChI=1S/C10H11BrN6/c11-7-5-8(12)15-10(14-7)17-4-3-16-2-1-13-9(16)6-17/h1-2,5H,3-4,6H2,(H2,12,14,15). The van der Waals surface area contributed by atoms with E-state index in [1.807, 2.05) is 12.4 Å². The van der Waals surface area contributed by atoms with Gasteiger partial charge in [0.25, 0.3) is 0 Å². The van der Waals surface area contributed by atoms with Crippen molar-refractivity contribution in [2.45, 2.75) is 13.1 Å². The van der Waals surface area contributed by atoms with E-state index in [1.165, 1.54) is 0 Å². The molecule has 0 aromatic carbocycles. The molecule has 0 spiro atoms. The number of fused-ring (bicyclic) bond motifs is 1. The molecule has 0 radical (unpaired) electrons. The summed E-state index contributed by atoms with van der Waals surface area (Å²) in [6, 6.07) is 1.69. The van der Waals surface area contributed by atoms with Gasteiger partial charge >= 0.3 is 0 Å². The molecule has 1 aliphatic heterocycles. The van der Waals surface area contributed by atoms with Gasteiger partial charge in [-0.1, -0.05) is 0 Å². The average Bonchev–Trinajstić information content (AvgIpc) is 2.74. The molecule has 0 aliphatic carbocycles. The number of aromatic nitrogens is 4. The van der Waals surface area contributed by atoms with E-state index in [9.17, 15) is 0 Å². The molecule has 0 bridgehead atoms. The lowest BCUT2D eigenvalue weighted by Crippen LogP contribution is -2.34. The number of nitrogen functional groups attached to an aromatic ring is 1. The van der Waals surface area contributed by atoms with Crippen LogP contribution in [0.15, 0.2) is 23.1 Å². The lowest BCUT2D eigenvalue weighted by atomic mass is 10.4. The Morgan fingerprint density at radius 3 is 3.00 bits per heavy atom. The Labute approximate surface area is 107 Å². The minimum atomic E-state index is 0.468. The number of imidazole rings is 1. The number of rotatable bonds is 1. The van der Waals surface area contributed by atoms with Gasteiger partial charge in [-0.2, -0.15) is 4.98 Å². The molecule has 0 fully saturated rings. The maximum atomic E-state index is 5.71.